The Balaban J connectivity index is 1.42. The number of hydrogen-bond donors (Lipinski definition) is 0. The van der Waals surface area contributed by atoms with E-state index in [-0.39, 0.29) is 5.91 Å². The Bertz CT molecular complexity index is 985. The topological polar surface area (TPSA) is 73.1 Å². The summed E-state index contributed by atoms with van der Waals surface area (Å²) in [5.41, 5.74) is 3.12. The predicted octanol–water partition coefficient (Wildman–Crippen LogP) is 3.26. The van der Waals surface area contributed by atoms with Crippen LogP contribution in [0.1, 0.15) is 24.0 Å². The van der Waals surface area contributed by atoms with Crippen LogP contribution in [0.15, 0.2) is 53.7 Å². The van der Waals surface area contributed by atoms with Crippen molar-refractivity contribution in [1.29, 1.82) is 0 Å². The van der Waals surface area contributed by atoms with Crippen LogP contribution in [-0.4, -0.2) is 49.9 Å². The second-order valence-electron chi connectivity index (χ2n) is 7.10. The fourth-order valence-electron chi connectivity index (χ4n) is 3.13. The highest BCUT2D eigenvalue weighted by molar-refractivity contribution is 7.99. The molecule has 29 heavy (non-hydrogen) atoms. The third kappa shape index (κ3) is 4.76. The Morgan fingerprint density at radius 1 is 1.24 bits per heavy atom. The van der Waals surface area contributed by atoms with E-state index in [4.69, 9.17) is 4.74 Å². The fourth-order valence-corrected chi connectivity index (χ4v) is 3.91. The first kappa shape index (κ1) is 19.4. The van der Waals surface area contributed by atoms with Crippen molar-refractivity contribution in [2.24, 2.45) is 0 Å². The van der Waals surface area contributed by atoms with Crippen LogP contribution in [0.25, 0.3) is 5.69 Å². The van der Waals surface area contributed by atoms with Crippen LogP contribution >= 0.6 is 11.8 Å². The van der Waals surface area contributed by atoms with E-state index < -0.39 is 0 Å². The summed E-state index contributed by atoms with van der Waals surface area (Å²) in [5.74, 6) is 1.22. The molecule has 0 atom stereocenters. The van der Waals surface area contributed by atoms with Crippen molar-refractivity contribution < 1.29 is 9.53 Å². The monoisotopic (exact) mass is 409 g/mol. The zero-order valence-corrected chi connectivity index (χ0v) is 17.3. The minimum Gasteiger partial charge on any atom is -0.497 e. The van der Waals surface area contributed by atoms with Gasteiger partial charge in [-0.15, -0.1) is 5.10 Å². The molecule has 0 bridgehead atoms. The Kier molecular flexibility index (Phi) is 5.80. The van der Waals surface area contributed by atoms with Gasteiger partial charge in [0.1, 0.15) is 5.75 Å². The summed E-state index contributed by atoms with van der Waals surface area (Å²) in [4.78, 5) is 14.9. The molecule has 1 heterocycles. The normalized spacial score (nSPS) is 13.3. The van der Waals surface area contributed by atoms with Gasteiger partial charge in [0.05, 0.1) is 18.6 Å². The molecule has 0 spiro atoms. The molecule has 7 nitrogen and oxygen atoms in total. The van der Waals surface area contributed by atoms with Crippen LogP contribution in [0.4, 0.5) is 0 Å². The lowest BCUT2D eigenvalue weighted by atomic mass is 10.2. The van der Waals surface area contributed by atoms with E-state index in [9.17, 15) is 4.79 Å². The number of aryl methyl sites for hydroxylation is 1. The lowest BCUT2D eigenvalue weighted by Crippen LogP contribution is -2.34. The molecule has 3 aromatic rings. The molecule has 2 aromatic carbocycles. The van der Waals surface area contributed by atoms with Gasteiger partial charge in [-0.1, -0.05) is 36.0 Å². The van der Waals surface area contributed by atoms with E-state index in [0.29, 0.717) is 23.5 Å². The maximum absolute atomic E-state index is 13.0. The maximum atomic E-state index is 13.0. The summed E-state index contributed by atoms with van der Waals surface area (Å²) in [6.07, 6.45) is 2.13. The second kappa shape index (κ2) is 8.65. The molecule has 8 heteroatoms. The maximum Gasteiger partial charge on any atom is 0.233 e. The van der Waals surface area contributed by atoms with E-state index in [1.807, 2.05) is 60.4 Å². The Labute approximate surface area is 174 Å². The van der Waals surface area contributed by atoms with E-state index in [1.165, 1.54) is 11.8 Å². The van der Waals surface area contributed by atoms with E-state index in [1.54, 1.807) is 11.8 Å². The zero-order valence-electron chi connectivity index (χ0n) is 16.5. The van der Waals surface area contributed by atoms with Crippen LogP contribution in [0.3, 0.4) is 0 Å². The predicted molar refractivity (Wildman–Crippen MR) is 111 cm³/mol. The molecule has 1 fully saturated rings. The molecular weight excluding hydrogens is 386 g/mol. The minimum atomic E-state index is 0.104. The van der Waals surface area contributed by atoms with Gasteiger partial charge < -0.3 is 9.64 Å². The summed E-state index contributed by atoms with van der Waals surface area (Å²) in [7, 11) is 1.65. The van der Waals surface area contributed by atoms with Crippen molar-refractivity contribution in [3.8, 4) is 11.4 Å². The van der Waals surface area contributed by atoms with Gasteiger partial charge >= 0.3 is 0 Å². The van der Waals surface area contributed by atoms with Crippen molar-refractivity contribution in [2.75, 3.05) is 12.9 Å². The number of methoxy groups -OCH3 is 1. The average molecular weight is 410 g/mol. The average Bonchev–Trinajstić information content (AvgIpc) is 3.47. The number of carbonyl (C=O) groups excluding carboxylic acids is 1. The summed E-state index contributed by atoms with van der Waals surface area (Å²) < 4.78 is 6.89. The SMILES string of the molecule is COc1ccc(CN(C(=O)CSc2nnnn2-c2cccc(C)c2)C2CC2)cc1. The van der Waals surface area contributed by atoms with Gasteiger partial charge in [0.15, 0.2) is 0 Å². The number of hydrogen-bond acceptors (Lipinski definition) is 6. The van der Waals surface area contributed by atoms with Crippen molar-refractivity contribution in [2.45, 2.75) is 37.5 Å². The van der Waals surface area contributed by atoms with Gasteiger partial charge in [0.25, 0.3) is 0 Å². The molecule has 1 saturated carbocycles. The summed E-state index contributed by atoms with van der Waals surface area (Å²) in [6.45, 7) is 2.63. The molecule has 0 unspecified atom stereocenters. The van der Waals surface area contributed by atoms with Gasteiger partial charge in [0, 0.05) is 12.6 Å². The number of thioether (sulfide) groups is 1. The van der Waals surface area contributed by atoms with Gasteiger partial charge in [-0.2, -0.15) is 4.68 Å². The van der Waals surface area contributed by atoms with Crippen LogP contribution < -0.4 is 4.74 Å². The smallest absolute Gasteiger partial charge is 0.233 e. The molecule has 1 aromatic heterocycles. The third-order valence-electron chi connectivity index (χ3n) is 4.83. The summed E-state index contributed by atoms with van der Waals surface area (Å²) >= 11 is 1.37. The standard InChI is InChI=1S/C21H23N5O2S/c1-15-4-3-5-18(12-15)26-21(22-23-24-26)29-14-20(27)25(17-8-9-17)13-16-6-10-19(28-2)11-7-16/h3-7,10-12,17H,8-9,13-14H2,1-2H3. The highest BCUT2D eigenvalue weighted by Crippen LogP contribution is 2.30. The second-order valence-corrected chi connectivity index (χ2v) is 8.04. The molecule has 4 rings (SSSR count). The molecule has 150 valence electrons. The highest BCUT2D eigenvalue weighted by Gasteiger charge is 2.32. The lowest BCUT2D eigenvalue weighted by molar-refractivity contribution is -0.129. The van der Waals surface area contributed by atoms with Gasteiger partial charge in [-0.25, -0.2) is 0 Å². The largest absolute Gasteiger partial charge is 0.497 e. The van der Waals surface area contributed by atoms with Crippen LogP contribution in [-0.2, 0) is 11.3 Å². The van der Waals surface area contributed by atoms with Gasteiger partial charge in [-0.05, 0) is 65.6 Å². The van der Waals surface area contributed by atoms with Gasteiger partial charge in [0.2, 0.25) is 11.1 Å². The summed E-state index contributed by atoms with van der Waals surface area (Å²) in [5, 5.41) is 12.6. The Morgan fingerprint density at radius 3 is 2.72 bits per heavy atom. The number of rotatable bonds is 8. The van der Waals surface area contributed by atoms with Gasteiger partial charge in [-0.3, -0.25) is 4.79 Å². The third-order valence-corrected chi connectivity index (χ3v) is 5.74. The Morgan fingerprint density at radius 2 is 2.03 bits per heavy atom. The molecular formula is C21H23N5O2S. The summed E-state index contributed by atoms with van der Waals surface area (Å²) in [6, 6.07) is 16.2. The molecule has 0 N–H and O–H groups in total. The molecule has 0 aliphatic heterocycles. The quantitative estimate of drug-likeness (QED) is 0.532. The lowest BCUT2D eigenvalue weighted by Gasteiger charge is -2.22. The van der Waals surface area contributed by atoms with Crippen LogP contribution in [0, 0.1) is 6.92 Å². The van der Waals surface area contributed by atoms with Crippen molar-refractivity contribution in [3.05, 3.63) is 59.7 Å². The van der Waals surface area contributed by atoms with Crippen molar-refractivity contribution in [3.63, 3.8) is 0 Å². The fraction of sp³-hybridized carbons (Fsp3) is 0.333. The number of nitrogens with zero attached hydrogens (tertiary/aromatic N) is 5. The number of aromatic nitrogens is 4. The first-order chi connectivity index (χ1) is 14.1. The molecule has 1 aliphatic carbocycles. The minimum absolute atomic E-state index is 0.104. The van der Waals surface area contributed by atoms with Crippen LogP contribution in [0.2, 0.25) is 0 Å². The van der Waals surface area contributed by atoms with E-state index >= 15 is 0 Å². The van der Waals surface area contributed by atoms with Crippen molar-refractivity contribution >= 4 is 17.7 Å². The molecule has 0 saturated heterocycles. The number of benzene rings is 2. The molecule has 0 radical (unpaired) electrons. The first-order valence-corrected chi connectivity index (χ1v) is 10.5. The number of amides is 1. The van der Waals surface area contributed by atoms with E-state index in [0.717, 1.165) is 35.4 Å². The zero-order chi connectivity index (χ0) is 20.2. The number of ether oxygens (including phenoxy) is 1. The molecule has 1 amide bonds. The van der Waals surface area contributed by atoms with Crippen LogP contribution in [0.5, 0.6) is 5.75 Å². The number of tetrazole rings is 1. The number of carbonyl (C=O) groups is 1. The van der Waals surface area contributed by atoms with E-state index in [2.05, 4.69) is 15.5 Å². The van der Waals surface area contributed by atoms with Crippen molar-refractivity contribution in [1.82, 2.24) is 25.1 Å². The highest BCUT2D eigenvalue weighted by atomic mass is 32.2. The Hall–Kier alpha value is -2.87. The first-order valence-electron chi connectivity index (χ1n) is 9.54. The molecule has 1 aliphatic rings.